The topological polar surface area (TPSA) is 71.4 Å². The summed E-state index contributed by atoms with van der Waals surface area (Å²) in [5.74, 6) is -0.546. The standard InChI is InChI=1S/C25H25N3O3S/c1-16-13-20(17(2)27(16)14-19-9-6-12-32-19)22(29)15-28-23(30)25(26-24(28)31)11-5-8-18-7-3-4-10-21(18)25/h3-4,6-7,9-10,12-13H,5,8,11,14-15H2,1-2H3,(H,26,31)/t25-/m0/s1. The van der Waals surface area contributed by atoms with Gasteiger partial charge < -0.3 is 9.88 Å². The predicted octanol–water partition coefficient (Wildman–Crippen LogP) is 4.18. The van der Waals surface area contributed by atoms with Gasteiger partial charge >= 0.3 is 6.03 Å². The minimum atomic E-state index is -1.05. The zero-order valence-corrected chi connectivity index (χ0v) is 19.0. The second-order valence-corrected chi connectivity index (χ2v) is 9.64. The number of nitrogens with one attached hydrogen (secondary N) is 1. The van der Waals surface area contributed by atoms with E-state index in [9.17, 15) is 14.4 Å². The van der Waals surface area contributed by atoms with Crippen molar-refractivity contribution in [3.8, 4) is 0 Å². The summed E-state index contributed by atoms with van der Waals surface area (Å²) in [5.41, 5.74) is 3.28. The van der Waals surface area contributed by atoms with Crippen LogP contribution in [0, 0.1) is 13.8 Å². The lowest BCUT2D eigenvalue weighted by atomic mass is 9.76. The molecular formula is C25H25N3O3S. The number of hydrogen-bond donors (Lipinski definition) is 1. The van der Waals surface area contributed by atoms with E-state index < -0.39 is 11.6 Å². The number of carbonyl (C=O) groups is 3. The number of amides is 3. The van der Waals surface area contributed by atoms with Crippen molar-refractivity contribution in [2.24, 2.45) is 0 Å². The van der Waals surface area contributed by atoms with Gasteiger partial charge in [0.05, 0.1) is 13.1 Å². The number of urea groups is 1. The Morgan fingerprint density at radius 2 is 1.97 bits per heavy atom. The smallest absolute Gasteiger partial charge is 0.325 e. The van der Waals surface area contributed by atoms with Gasteiger partial charge in [-0.25, -0.2) is 4.79 Å². The molecule has 164 valence electrons. The van der Waals surface area contributed by atoms with Crippen LogP contribution in [-0.4, -0.2) is 33.7 Å². The summed E-state index contributed by atoms with van der Waals surface area (Å²) in [5, 5.41) is 4.96. The molecule has 1 aliphatic carbocycles. The Morgan fingerprint density at radius 1 is 1.16 bits per heavy atom. The van der Waals surface area contributed by atoms with Gasteiger partial charge in [0.2, 0.25) is 0 Å². The summed E-state index contributed by atoms with van der Waals surface area (Å²) < 4.78 is 2.10. The van der Waals surface area contributed by atoms with E-state index in [4.69, 9.17) is 0 Å². The van der Waals surface area contributed by atoms with Gasteiger partial charge in [0.25, 0.3) is 5.91 Å². The van der Waals surface area contributed by atoms with E-state index >= 15 is 0 Å². The molecule has 2 aromatic heterocycles. The molecule has 0 saturated carbocycles. The molecule has 1 N–H and O–H groups in total. The molecule has 1 fully saturated rings. The monoisotopic (exact) mass is 447 g/mol. The average molecular weight is 448 g/mol. The van der Waals surface area contributed by atoms with Crippen LogP contribution in [0.25, 0.3) is 0 Å². The van der Waals surface area contributed by atoms with Crippen molar-refractivity contribution in [2.75, 3.05) is 6.54 Å². The van der Waals surface area contributed by atoms with Crippen LogP contribution in [0.2, 0.25) is 0 Å². The van der Waals surface area contributed by atoms with Crippen molar-refractivity contribution in [3.63, 3.8) is 0 Å². The van der Waals surface area contributed by atoms with Crippen molar-refractivity contribution in [3.05, 3.63) is 80.8 Å². The van der Waals surface area contributed by atoms with E-state index in [-0.39, 0.29) is 18.2 Å². The third-order valence-corrected chi connectivity index (χ3v) is 7.58. The quantitative estimate of drug-likeness (QED) is 0.471. The van der Waals surface area contributed by atoms with Gasteiger partial charge in [-0.15, -0.1) is 11.3 Å². The summed E-state index contributed by atoms with van der Waals surface area (Å²) >= 11 is 1.67. The van der Waals surface area contributed by atoms with Crippen LogP contribution in [0.4, 0.5) is 4.79 Å². The molecule has 1 saturated heterocycles. The highest BCUT2D eigenvalue weighted by Crippen LogP contribution is 2.40. The Bertz CT molecular complexity index is 1230. The Balaban J connectivity index is 1.40. The van der Waals surface area contributed by atoms with Crippen molar-refractivity contribution in [1.82, 2.24) is 14.8 Å². The highest BCUT2D eigenvalue weighted by Gasteiger charge is 2.54. The van der Waals surface area contributed by atoms with Crippen LogP contribution >= 0.6 is 11.3 Å². The summed E-state index contributed by atoms with van der Waals surface area (Å²) in [6.07, 6.45) is 2.25. The number of nitrogens with zero attached hydrogens (tertiary/aromatic N) is 2. The van der Waals surface area contributed by atoms with Gasteiger partial charge in [-0.2, -0.15) is 0 Å². The molecule has 0 radical (unpaired) electrons. The highest BCUT2D eigenvalue weighted by atomic mass is 32.1. The SMILES string of the molecule is Cc1cc(C(=O)CN2C(=O)N[C@]3(CCCc4ccccc43)C2=O)c(C)n1Cc1cccs1. The first-order chi connectivity index (χ1) is 15.4. The molecule has 1 spiro atoms. The van der Waals surface area contributed by atoms with E-state index in [1.54, 1.807) is 11.3 Å². The molecule has 32 heavy (non-hydrogen) atoms. The molecule has 2 aliphatic rings. The van der Waals surface area contributed by atoms with Crippen LogP contribution in [0.1, 0.15) is 50.6 Å². The number of fused-ring (bicyclic) bond motifs is 2. The number of aryl methyl sites for hydroxylation is 2. The molecule has 3 heterocycles. The first-order valence-electron chi connectivity index (χ1n) is 10.9. The molecule has 3 aromatic rings. The fourth-order valence-electron chi connectivity index (χ4n) is 5.07. The van der Waals surface area contributed by atoms with Gasteiger partial charge in [-0.3, -0.25) is 14.5 Å². The Labute approximate surface area is 190 Å². The first kappa shape index (κ1) is 20.7. The van der Waals surface area contributed by atoms with Gasteiger partial charge in [0, 0.05) is 21.8 Å². The lowest BCUT2D eigenvalue weighted by molar-refractivity contribution is -0.131. The van der Waals surface area contributed by atoms with Gasteiger partial charge in [-0.05, 0) is 61.7 Å². The minimum Gasteiger partial charge on any atom is -0.343 e. The van der Waals surface area contributed by atoms with Gasteiger partial charge in [0.15, 0.2) is 5.78 Å². The predicted molar refractivity (Wildman–Crippen MR) is 123 cm³/mol. The summed E-state index contributed by atoms with van der Waals surface area (Å²) in [4.78, 5) is 41.8. The molecule has 0 unspecified atom stereocenters. The molecular weight excluding hydrogens is 422 g/mol. The third-order valence-electron chi connectivity index (χ3n) is 6.72. The summed E-state index contributed by atoms with van der Waals surface area (Å²) in [6.45, 7) is 4.33. The molecule has 5 rings (SSSR count). The molecule has 0 bridgehead atoms. The Kier molecular flexibility index (Phi) is 5.01. The van der Waals surface area contributed by atoms with Gasteiger partial charge in [-0.1, -0.05) is 30.3 Å². The summed E-state index contributed by atoms with van der Waals surface area (Å²) in [7, 11) is 0. The molecule has 7 heteroatoms. The first-order valence-corrected chi connectivity index (χ1v) is 11.7. The number of benzene rings is 1. The molecule has 3 amide bonds. The maximum absolute atomic E-state index is 13.5. The Morgan fingerprint density at radius 3 is 2.75 bits per heavy atom. The second kappa shape index (κ2) is 7.74. The fraction of sp³-hybridized carbons (Fsp3) is 0.320. The number of carbonyl (C=O) groups excluding carboxylic acids is 3. The molecule has 6 nitrogen and oxygen atoms in total. The van der Waals surface area contributed by atoms with Crippen LogP contribution in [0.15, 0.2) is 47.8 Å². The highest BCUT2D eigenvalue weighted by molar-refractivity contribution is 7.09. The lowest BCUT2D eigenvalue weighted by Crippen LogP contribution is -2.46. The number of rotatable bonds is 5. The van der Waals surface area contributed by atoms with Gasteiger partial charge in [0.1, 0.15) is 5.54 Å². The second-order valence-electron chi connectivity index (χ2n) is 8.61. The van der Waals surface area contributed by atoms with Crippen molar-refractivity contribution in [1.29, 1.82) is 0 Å². The lowest BCUT2D eigenvalue weighted by Gasteiger charge is -2.33. The molecule has 1 atom stereocenters. The number of imide groups is 1. The molecule has 1 aliphatic heterocycles. The number of hydrogen-bond acceptors (Lipinski definition) is 4. The number of thiophene rings is 1. The van der Waals surface area contributed by atoms with Crippen molar-refractivity contribution in [2.45, 2.75) is 45.2 Å². The van der Waals surface area contributed by atoms with Crippen LogP contribution in [0.3, 0.4) is 0 Å². The van der Waals surface area contributed by atoms with E-state index in [0.717, 1.165) is 40.3 Å². The zero-order chi connectivity index (χ0) is 22.5. The summed E-state index contributed by atoms with van der Waals surface area (Å²) in [6, 6.07) is 13.2. The number of ketones is 1. The number of aromatic nitrogens is 1. The van der Waals surface area contributed by atoms with E-state index in [0.29, 0.717) is 18.5 Å². The maximum atomic E-state index is 13.5. The maximum Gasteiger partial charge on any atom is 0.325 e. The third kappa shape index (κ3) is 3.19. The zero-order valence-electron chi connectivity index (χ0n) is 18.2. The minimum absolute atomic E-state index is 0.222. The Hall–Kier alpha value is -3.19. The van der Waals surface area contributed by atoms with Crippen molar-refractivity contribution >= 4 is 29.1 Å². The fourth-order valence-corrected chi connectivity index (χ4v) is 5.76. The van der Waals surface area contributed by atoms with E-state index in [2.05, 4.69) is 16.0 Å². The number of Topliss-reactive ketones (excluding diaryl/α,β-unsaturated/α-hetero) is 1. The average Bonchev–Trinajstić information content (AvgIpc) is 3.46. The van der Waals surface area contributed by atoms with Crippen LogP contribution in [0.5, 0.6) is 0 Å². The van der Waals surface area contributed by atoms with E-state index in [1.165, 1.54) is 4.88 Å². The normalized spacial score (nSPS) is 20.0. The largest absolute Gasteiger partial charge is 0.343 e. The van der Waals surface area contributed by atoms with Crippen LogP contribution < -0.4 is 5.32 Å². The van der Waals surface area contributed by atoms with Crippen molar-refractivity contribution < 1.29 is 14.4 Å². The molecule has 1 aromatic carbocycles. The van der Waals surface area contributed by atoms with Crippen LogP contribution in [-0.2, 0) is 23.3 Å². The van der Waals surface area contributed by atoms with E-state index in [1.807, 2.05) is 55.6 Å².